The van der Waals surface area contributed by atoms with Crippen molar-refractivity contribution in [2.45, 2.75) is 12.5 Å². The molecule has 2 heterocycles. The summed E-state index contributed by atoms with van der Waals surface area (Å²) in [7, 11) is 1.66. The molecule has 2 amide bonds. The zero-order valence-corrected chi connectivity index (χ0v) is 17.4. The summed E-state index contributed by atoms with van der Waals surface area (Å²) in [6.07, 6.45) is 0.259. The van der Waals surface area contributed by atoms with Crippen LogP contribution in [-0.2, 0) is 16.0 Å². The lowest BCUT2D eigenvalue weighted by atomic mass is 10.0. The number of likely N-dealkylation sites (N-methyl/N-ethyl adjacent to an activating group) is 1. The molecular weight excluding hydrogens is 400 g/mol. The number of ether oxygens (including phenoxy) is 2. The van der Waals surface area contributed by atoms with Gasteiger partial charge in [-0.15, -0.1) is 11.3 Å². The molecule has 0 aliphatic carbocycles. The number of anilines is 1. The van der Waals surface area contributed by atoms with Crippen molar-refractivity contribution in [1.82, 2.24) is 4.90 Å². The summed E-state index contributed by atoms with van der Waals surface area (Å²) >= 11 is 1.53. The van der Waals surface area contributed by atoms with Gasteiger partial charge in [0, 0.05) is 23.7 Å². The molecule has 0 saturated carbocycles. The fourth-order valence-electron chi connectivity index (χ4n) is 3.35. The standard InChI is InChI=1S/C23H22N2O4S/c1-25(21(26)15-18-8-5-13-30-18)22(16-6-3-2-4-7-16)23(27)24-17-9-10-19-20(14-17)29-12-11-28-19/h2-10,13-14,22H,11-12,15H2,1H3,(H,24,27)/t22-/m0/s1. The van der Waals surface area contributed by atoms with E-state index in [0.29, 0.717) is 30.4 Å². The van der Waals surface area contributed by atoms with Crippen molar-refractivity contribution in [3.63, 3.8) is 0 Å². The third kappa shape index (κ3) is 4.46. The summed E-state index contributed by atoms with van der Waals surface area (Å²) in [4.78, 5) is 28.6. The van der Waals surface area contributed by atoms with E-state index in [1.54, 1.807) is 25.2 Å². The van der Waals surface area contributed by atoms with Crippen LogP contribution in [-0.4, -0.2) is 37.0 Å². The van der Waals surface area contributed by atoms with Gasteiger partial charge in [0.15, 0.2) is 11.5 Å². The van der Waals surface area contributed by atoms with E-state index in [4.69, 9.17) is 9.47 Å². The summed E-state index contributed by atoms with van der Waals surface area (Å²) in [5.74, 6) is 0.836. The number of carbonyl (C=O) groups excluding carboxylic acids is 2. The van der Waals surface area contributed by atoms with E-state index < -0.39 is 6.04 Å². The molecule has 30 heavy (non-hydrogen) atoms. The molecule has 1 aromatic heterocycles. The average Bonchev–Trinajstić information content (AvgIpc) is 3.27. The van der Waals surface area contributed by atoms with Gasteiger partial charge < -0.3 is 19.7 Å². The SMILES string of the molecule is CN(C(=O)Cc1cccs1)[C@H](C(=O)Nc1ccc2c(c1)OCCO2)c1ccccc1. The molecule has 4 rings (SSSR count). The summed E-state index contributed by atoms with van der Waals surface area (Å²) in [6.45, 7) is 0.975. The first-order valence-electron chi connectivity index (χ1n) is 9.65. The number of benzene rings is 2. The smallest absolute Gasteiger partial charge is 0.251 e. The first-order valence-corrected chi connectivity index (χ1v) is 10.5. The fraction of sp³-hybridized carbons (Fsp3) is 0.217. The van der Waals surface area contributed by atoms with E-state index in [9.17, 15) is 9.59 Å². The Bertz CT molecular complexity index is 1020. The molecule has 1 aliphatic heterocycles. The molecule has 0 radical (unpaired) electrons. The Hall–Kier alpha value is -3.32. The maximum absolute atomic E-state index is 13.3. The number of carbonyl (C=O) groups is 2. The van der Waals surface area contributed by atoms with Crippen LogP contribution in [0.5, 0.6) is 11.5 Å². The van der Waals surface area contributed by atoms with E-state index in [2.05, 4.69) is 5.32 Å². The maximum Gasteiger partial charge on any atom is 0.251 e. The number of nitrogens with one attached hydrogen (secondary N) is 1. The van der Waals surface area contributed by atoms with Gasteiger partial charge in [-0.1, -0.05) is 36.4 Å². The Morgan fingerprint density at radius 3 is 2.53 bits per heavy atom. The van der Waals surface area contributed by atoms with Gasteiger partial charge in [-0.05, 0) is 29.1 Å². The first-order chi connectivity index (χ1) is 14.6. The molecule has 154 valence electrons. The molecule has 1 N–H and O–H groups in total. The molecule has 0 bridgehead atoms. The predicted molar refractivity (Wildman–Crippen MR) is 116 cm³/mol. The quantitative estimate of drug-likeness (QED) is 0.654. The van der Waals surface area contributed by atoms with E-state index in [1.807, 2.05) is 47.8 Å². The lowest BCUT2D eigenvalue weighted by Crippen LogP contribution is -2.39. The van der Waals surface area contributed by atoms with Crippen LogP contribution in [0.3, 0.4) is 0 Å². The van der Waals surface area contributed by atoms with Gasteiger partial charge in [0.25, 0.3) is 5.91 Å². The molecule has 1 atom stereocenters. The second-order valence-electron chi connectivity index (χ2n) is 6.92. The zero-order valence-electron chi connectivity index (χ0n) is 16.5. The maximum atomic E-state index is 13.3. The lowest BCUT2D eigenvalue weighted by Gasteiger charge is -2.28. The molecular formula is C23H22N2O4S. The molecule has 0 spiro atoms. The summed E-state index contributed by atoms with van der Waals surface area (Å²) < 4.78 is 11.1. The number of amides is 2. The number of thiophene rings is 1. The van der Waals surface area contributed by atoms with Gasteiger partial charge in [-0.3, -0.25) is 9.59 Å². The fourth-order valence-corrected chi connectivity index (χ4v) is 4.04. The van der Waals surface area contributed by atoms with Crippen LogP contribution in [0.15, 0.2) is 66.0 Å². The second kappa shape index (κ2) is 9.00. The highest BCUT2D eigenvalue weighted by molar-refractivity contribution is 7.10. The largest absolute Gasteiger partial charge is 0.486 e. The van der Waals surface area contributed by atoms with Crippen molar-refractivity contribution in [1.29, 1.82) is 0 Å². The highest BCUT2D eigenvalue weighted by Crippen LogP contribution is 2.33. The highest BCUT2D eigenvalue weighted by Gasteiger charge is 2.29. The summed E-state index contributed by atoms with van der Waals surface area (Å²) in [5, 5.41) is 4.86. The highest BCUT2D eigenvalue weighted by atomic mass is 32.1. The Kier molecular flexibility index (Phi) is 5.99. The van der Waals surface area contributed by atoms with Crippen molar-refractivity contribution < 1.29 is 19.1 Å². The number of rotatable bonds is 6. The van der Waals surface area contributed by atoms with Crippen LogP contribution in [0.1, 0.15) is 16.5 Å². The molecule has 2 aromatic carbocycles. The number of hydrogen-bond donors (Lipinski definition) is 1. The Morgan fingerprint density at radius 1 is 1.03 bits per heavy atom. The van der Waals surface area contributed by atoms with Gasteiger partial charge in [0.2, 0.25) is 5.91 Å². The number of hydrogen-bond acceptors (Lipinski definition) is 5. The van der Waals surface area contributed by atoms with Crippen LogP contribution in [0.2, 0.25) is 0 Å². The van der Waals surface area contributed by atoms with E-state index >= 15 is 0 Å². The third-order valence-electron chi connectivity index (χ3n) is 4.86. The monoisotopic (exact) mass is 422 g/mol. The molecule has 0 saturated heterocycles. The normalized spacial score (nSPS) is 13.4. The van der Waals surface area contributed by atoms with Crippen molar-refractivity contribution in [3.8, 4) is 11.5 Å². The molecule has 0 fully saturated rings. The van der Waals surface area contributed by atoms with Gasteiger partial charge in [-0.25, -0.2) is 0 Å². The Morgan fingerprint density at radius 2 is 1.80 bits per heavy atom. The van der Waals surface area contributed by atoms with E-state index in [0.717, 1.165) is 10.4 Å². The van der Waals surface area contributed by atoms with Crippen LogP contribution >= 0.6 is 11.3 Å². The molecule has 3 aromatic rings. The lowest BCUT2D eigenvalue weighted by molar-refractivity contribution is -0.136. The Labute approximate surface area is 179 Å². The second-order valence-corrected chi connectivity index (χ2v) is 7.95. The number of nitrogens with zero attached hydrogens (tertiary/aromatic N) is 1. The van der Waals surface area contributed by atoms with Gasteiger partial charge in [-0.2, -0.15) is 0 Å². The van der Waals surface area contributed by atoms with Gasteiger partial charge in [0.05, 0.1) is 6.42 Å². The molecule has 1 aliphatic rings. The number of fused-ring (bicyclic) bond motifs is 1. The van der Waals surface area contributed by atoms with Crippen molar-refractivity contribution >= 4 is 28.8 Å². The zero-order chi connectivity index (χ0) is 20.9. The predicted octanol–water partition coefficient (Wildman–Crippen LogP) is 3.90. The molecule has 6 nitrogen and oxygen atoms in total. The molecule has 0 unspecified atom stereocenters. The van der Waals surface area contributed by atoms with Crippen LogP contribution in [0.4, 0.5) is 5.69 Å². The minimum Gasteiger partial charge on any atom is -0.486 e. The minimum atomic E-state index is -0.758. The summed E-state index contributed by atoms with van der Waals surface area (Å²) in [5.41, 5.74) is 1.33. The first kappa shape index (κ1) is 20.0. The minimum absolute atomic E-state index is 0.122. The third-order valence-corrected chi connectivity index (χ3v) is 5.74. The van der Waals surface area contributed by atoms with Gasteiger partial charge in [0.1, 0.15) is 19.3 Å². The average molecular weight is 423 g/mol. The van der Waals surface area contributed by atoms with Crippen LogP contribution < -0.4 is 14.8 Å². The Balaban J connectivity index is 1.56. The van der Waals surface area contributed by atoms with Crippen LogP contribution in [0.25, 0.3) is 0 Å². The van der Waals surface area contributed by atoms with Crippen LogP contribution in [0, 0.1) is 0 Å². The van der Waals surface area contributed by atoms with Gasteiger partial charge >= 0.3 is 0 Å². The van der Waals surface area contributed by atoms with Crippen molar-refractivity contribution in [2.24, 2.45) is 0 Å². The van der Waals surface area contributed by atoms with E-state index in [1.165, 1.54) is 16.2 Å². The molecule has 7 heteroatoms. The topological polar surface area (TPSA) is 67.9 Å². The summed E-state index contributed by atoms with van der Waals surface area (Å²) in [6, 6.07) is 17.6. The van der Waals surface area contributed by atoms with Crippen molar-refractivity contribution in [2.75, 3.05) is 25.6 Å². The van der Waals surface area contributed by atoms with Crippen molar-refractivity contribution in [3.05, 3.63) is 76.5 Å². The van der Waals surface area contributed by atoms with E-state index in [-0.39, 0.29) is 18.2 Å².